The summed E-state index contributed by atoms with van der Waals surface area (Å²) in [4.78, 5) is 24.9. The number of hydrogen-bond acceptors (Lipinski definition) is 6. The van der Waals surface area contributed by atoms with Crippen molar-refractivity contribution in [3.8, 4) is 22.3 Å². The molecule has 6 heteroatoms. The third-order valence-electron chi connectivity index (χ3n) is 2.77. The van der Waals surface area contributed by atoms with Crippen LogP contribution in [0.1, 0.15) is 11.1 Å². The minimum Gasteiger partial charge on any atom is -0.469 e. The molecule has 21 heavy (non-hydrogen) atoms. The van der Waals surface area contributed by atoms with Gasteiger partial charge in [0.1, 0.15) is 6.11 Å². The third kappa shape index (κ3) is 3.72. The molecule has 0 aliphatic rings. The summed E-state index contributed by atoms with van der Waals surface area (Å²) in [6.07, 6.45) is 7.14. The fraction of sp³-hybridized carbons (Fsp3) is 0.200. The zero-order valence-corrected chi connectivity index (χ0v) is 12.9. The van der Waals surface area contributed by atoms with E-state index in [4.69, 9.17) is 11.2 Å². The normalized spacial score (nSPS) is 9.90. The van der Waals surface area contributed by atoms with E-state index in [-0.39, 0.29) is 18.8 Å². The van der Waals surface area contributed by atoms with E-state index < -0.39 is 5.97 Å². The Morgan fingerprint density at radius 2 is 1.62 bits per heavy atom. The molecule has 0 aromatic carbocycles. The van der Waals surface area contributed by atoms with Crippen molar-refractivity contribution in [2.75, 3.05) is 7.11 Å². The van der Waals surface area contributed by atoms with Crippen molar-refractivity contribution < 1.29 is 19.1 Å². The van der Waals surface area contributed by atoms with Crippen molar-refractivity contribution >= 4 is 34.6 Å². The topological polar surface area (TPSA) is 52.6 Å². The van der Waals surface area contributed by atoms with Crippen LogP contribution in [0.25, 0.3) is 9.75 Å². The molecule has 2 heterocycles. The average molecular weight is 320 g/mol. The van der Waals surface area contributed by atoms with E-state index in [2.05, 4.69) is 4.74 Å². The van der Waals surface area contributed by atoms with Crippen LogP contribution in [-0.2, 0) is 31.9 Å². The number of terminal acetylenes is 1. The fourth-order valence-electron chi connectivity index (χ4n) is 1.83. The highest BCUT2D eigenvalue weighted by molar-refractivity contribution is 7.20. The summed E-state index contributed by atoms with van der Waals surface area (Å²) in [5, 5.41) is 3.81. The Morgan fingerprint density at radius 1 is 1.10 bits per heavy atom. The van der Waals surface area contributed by atoms with E-state index in [0.717, 1.165) is 20.9 Å². The number of carbonyl (C=O) groups is 2. The summed E-state index contributed by atoms with van der Waals surface area (Å²) >= 11 is 3.04. The Morgan fingerprint density at radius 3 is 2.10 bits per heavy atom. The number of ether oxygens (including phenoxy) is 2. The van der Waals surface area contributed by atoms with E-state index in [9.17, 15) is 9.59 Å². The first-order valence-electron chi connectivity index (χ1n) is 6.01. The van der Waals surface area contributed by atoms with Gasteiger partial charge < -0.3 is 9.47 Å². The molecule has 0 unspecified atom stereocenters. The average Bonchev–Trinajstić information content (AvgIpc) is 3.07. The van der Waals surface area contributed by atoms with Crippen LogP contribution in [0, 0.1) is 12.5 Å². The molecular weight excluding hydrogens is 308 g/mol. The molecule has 108 valence electrons. The van der Waals surface area contributed by atoms with Crippen molar-refractivity contribution in [1.29, 1.82) is 0 Å². The molecule has 0 aliphatic heterocycles. The van der Waals surface area contributed by atoms with Crippen LogP contribution >= 0.6 is 22.7 Å². The number of thiophene rings is 2. The highest BCUT2D eigenvalue weighted by Crippen LogP contribution is 2.37. The standard InChI is InChI=1S/C15H12O4S2/c1-3-19-13(17)9-11-5-7-21-15(11)14-10(4-6-20-14)8-12(16)18-2/h1,4-7H,8-9H2,2H3. The van der Waals surface area contributed by atoms with Gasteiger partial charge in [-0.15, -0.1) is 22.7 Å². The van der Waals surface area contributed by atoms with Crippen LogP contribution in [0.4, 0.5) is 0 Å². The predicted molar refractivity (Wildman–Crippen MR) is 82.0 cm³/mol. The number of carbonyl (C=O) groups excluding carboxylic acids is 2. The quantitative estimate of drug-likeness (QED) is 0.628. The summed E-state index contributed by atoms with van der Waals surface area (Å²) in [6.45, 7) is 0. The molecule has 0 saturated heterocycles. The Hall–Kier alpha value is -2.10. The van der Waals surface area contributed by atoms with E-state index in [1.165, 1.54) is 29.8 Å². The van der Waals surface area contributed by atoms with Crippen LogP contribution < -0.4 is 0 Å². The highest BCUT2D eigenvalue weighted by Gasteiger charge is 2.17. The predicted octanol–water partition coefficient (Wildman–Crippen LogP) is 2.87. The second-order valence-electron chi connectivity index (χ2n) is 4.07. The van der Waals surface area contributed by atoms with Gasteiger partial charge in [-0.2, -0.15) is 0 Å². The Bertz CT molecular complexity index is 691. The van der Waals surface area contributed by atoms with E-state index in [1.54, 1.807) is 0 Å². The molecule has 0 spiro atoms. The van der Waals surface area contributed by atoms with Gasteiger partial charge in [0.15, 0.2) is 0 Å². The van der Waals surface area contributed by atoms with Crippen molar-refractivity contribution in [3.63, 3.8) is 0 Å². The van der Waals surface area contributed by atoms with E-state index in [1.807, 2.05) is 29.0 Å². The van der Waals surface area contributed by atoms with Gasteiger partial charge in [-0.25, -0.2) is 0 Å². The van der Waals surface area contributed by atoms with Gasteiger partial charge in [-0.3, -0.25) is 9.59 Å². The molecule has 2 aromatic heterocycles. The molecular formula is C15H12O4S2. The van der Waals surface area contributed by atoms with Crippen molar-refractivity contribution in [3.05, 3.63) is 34.0 Å². The first kappa shape index (κ1) is 15.3. The molecule has 0 atom stereocenters. The van der Waals surface area contributed by atoms with Gasteiger partial charge in [0.25, 0.3) is 0 Å². The van der Waals surface area contributed by atoms with Gasteiger partial charge in [0.2, 0.25) is 0 Å². The van der Waals surface area contributed by atoms with E-state index in [0.29, 0.717) is 0 Å². The maximum absolute atomic E-state index is 11.5. The second kappa shape index (κ2) is 7.07. The summed E-state index contributed by atoms with van der Waals surface area (Å²) in [7, 11) is 1.36. The Balaban J connectivity index is 2.26. The lowest BCUT2D eigenvalue weighted by Crippen LogP contribution is -2.05. The lowest BCUT2D eigenvalue weighted by Gasteiger charge is -2.04. The SMILES string of the molecule is C#COC(=O)Cc1ccsc1-c1sccc1CC(=O)OC. The molecule has 0 aliphatic carbocycles. The molecule has 4 nitrogen and oxygen atoms in total. The minimum atomic E-state index is -0.469. The molecule has 0 N–H and O–H groups in total. The van der Waals surface area contributed by atoms with Crippen LogP contribution in [-0.4, -0.2) is 19.0 Å². The summed E-state index contributed by atoms with van der Waals surface area (Å²) in [5.74, 6) is -0.761. The van der Waals surface area contributed by atoms with Gasteiger partial charge in [0.05, 0.1) is 20.0 Å². The van der Waals surface area contributed by atoms with Crippen LogP contribution in [0.3, 0.4) is 0 Å². The Kier molecular flexibility index (Phi) is 5.14. The molecule has 2 aromatic rings. The number of hydrogen-bond donors (Lipinski definition) is 0. The smallest absolute Gasteiger partial charge is 0.324 e. The second-order valence-corrected chi connectivity index (χ2v) is 5.90. The van der Waals surface area contributed by atoms with Gasteiger partial charge in [-0.1, -0.05) is 6.42 Å². The number of esters is 2. The van der Waals surface area contributed by atoms with Crippen LogP contribution in [0.5, 0.6) is 0 Å². The van der Waals surface area contributed by atoms with Gasteiger partial charge >= 0.3 is 11.9 Å². The number of rotatable bonds is 5. The van der Waals surface area contributed by atoms with E-state index >= 15 is 0 Å². The van der Waals surface area contributed by atoms with Crippen LogP contribution in [0.15, 0.2) is 22.9 Å². The maximum Gasteiger partial charge on any atom is 0.324 e. The molecule has 0 fully saturated rings. The summed E-state index contributed by atoms with van der Waals surface area (Å²) < 4.78 is 9.22. The lowest BCUT2D eigenvalue weighted by molar-refractivity contribution is -0.140. The van der Waals surface area contributed by atoms with Crippen molar-refractivity contribution in [1.82, 2.24) is 0 Å². The maximum atomic E-state index is 11.5. The molecule has 0 bridgehead atoms. The summed E-state index contributed by atoms with van der Waals surface area (Å²) in [5.41, 5.74) is 1.73. The lowest BCUT2D eigenvalue weighted by atomic mass is 10.1. The first-order valence-corrected chi connectivity index (χ1v) is 7.76. The zero-order valence-electron chi connectivity index (χ0n) is 11.3. The Labute approximate surface area is 130 Å². The minimum absolute atomic E-state index is 0.110. The summed E-state index contributed by atoms with van der Waals surface area (Å²) in [6, 6.07) is 3.75. The van der Waals surface area contributed by atoms with Gasteiger partial charge in [0, 0.05) is 9.75 Å². The molecule has 0 saturated carbocycles. The number of methoxy groups -OCH3 is 1. The first-order chi connectivity index (χ1) is 10.2. The van der Waals surface area contributed by atoms with Crippen LogP contribution in [0.2, 0.25) is 0 Å². The zero-order chi connectivity index (χ0) is 15.2. The van der Waals surface area contributed by atoms with Crippen molar-refractivity contribution in [2.45, 2.75) is 12.8 Å². The highest BCUT2D eigenvalue weighted by atomic mass is 32.1. The molecule has 0 radical (unpaired) electrons. The third-order valence-corrected chi connectivity index (χ3v) is 4.85. The monoisotopic (exact) mass is 320 g/mol. The largest absolute Gasteiger partial charge is 0.469 e. The van der Waals surface area contributed by atoms with Gasteiger partial charge in [-0.05, 0) is 34.0 Å². The van der Waals surface area contributed by atoms with Crippen molar-refractivity contribution in [2.24, 2.45) is 0 Å². The molecule has 2 rings (SSSR count). The molecule has 0 amide bonds. The fourth-order valence-corrected chi connectivity index (χ4v) is 3.92.